The second-order valence-corrected chi connectivity index (χ2v) is 5.04. The first-order chi connectivity index (χ1) is 7.81. The first kappa shape index (κ1) is 11.8. The van der Waals surface area contributed by atoms with Crippen LogP contribution < -0.4 is 5.32 Å². The van der Waals surface area contributed by atoms with E-state index in [9.17, 15) is 0 Å². The molecule has 0 bridgehead atoms. The summed E-state index contributed by atoms with van der Waals surface area (Å²) in [7, 11) is 0. The van der Waals surface area contributed by atoms with Crippen LogP contribution in [0.4, 0.5) is 5.95 Å². The lowest BCUT2D eigenvalue weighted by Gasteiger charge is -2.27. The monoisotopic (exact) mass is 241 g/mol. The highest BCUT2D eigenvalue weighted by Gasteiger charge is 2.23. The number of alkyl halides is 1. The smallest absolute Gasteiger partial charge is 0.202 e. The fraction of sp³-hybridized carbons (Fsp3) is 0.750. The van der Waals surface area contributed by atoms with E-state index in [-0.39, 0.29) is 0 Å². The van der Waals surface area contributed by atoms with Crippen LogP contribution in [0.15, 0.2) is 12.4 Å². The molecular formula is C12H20ClN3. The van der Waals surface area contributed by atoms with Crippen LogP contribution >= 0.6 is 11.6 Å². The largest absolute Gasteiger partial charge is 0.355 e. The summed E-state index contributed by atoms with van der Waals surface area (Å²) < 4.78 is 2.12. The zero-order chi connectivity index (χ0) is 11.4. The van der Waals surface area contributed by atoms with Crippen LogP contribution in [0.1, 0.15) is 32.6 Å². The molecule has 16 heavy (non-hydrogen) atoms. The van der Waals surface area contributed by atoms with Gasteiger partial charge >= 0.3 is 0 Å². The molecule has 0 amide bonds. The first-order valence-electron chi connectivity index (χ1n) is 6.20. The lowest BCUT2D eigenvalue weighted by atomic mass is 9.89. The molecule has 0 aromatic carbocycles. The number of aromatic nitrogens is 2. The molecule has 3 nitrogen and oxygen atoms in total. The summed E-state index contributed by atoms with van der Waals surface area (Å²) in [5, 5.41) is 3.75. The molecule has 4 heteroatoms. The fourth-order valence-electron chi connectivity index (χ4n) is 2.35. The summed E-state index contributed by atoms with van der Waals surface area (Å²) in [5.41, 5.74) is 0. The van der Waals surface area contributed by atoms with Gasteiger partial charge in [0.1, 0.15) is 0 Å². The average molecular weight is 242 g/mol. The van der Waals surface area contributed by atoms with Crippen molar-refractivity contribution in [2.75, 3.05) is 11.9 Å². The zero-order valence-corrected chi connectivity index (χ0v) is 10.6. The van der Waals surface area contributed by atoms with Gasteiger partial charge in [-0.15, -0.1) is 11.6 Å². The molecule has 0 radical (unpaired) electrons. The lowest BCUT2D eigenvalue weighted by molar-refractivity contribution is 0.380. The molecule has 0 spiro atoms. The Bertz CT molecular complexity index is 324. The Morgan fingerprint density at radius 3 is 3.06 bits per heavy atom. The summed E-state index contributed by atoms with van der Waals surface area (Å²) in [6, 6.07) is 0. The van der Waals surface area contributed by atoms with E-state index in [2.05, 4.69) is 21.8 Å². The van der Waals surface area contributed by atoms with Crippen molar-refractivity contribution in [3.05, 3.63) is 12.4 Å². The van der Waals surface area contributed by atoms with E-state index < -0.39 is 0 Å². The Hall–Kier alpha value is -0.700. The number of anilines is 1. The predicted molar refractivity (Wildman–Crippen MR) is 68.0 cm³/mol. The van der Waals surface area contributed by atoms with Crippen molar-refractivity contribution in [3.8, 4) is 0 Å². The van der Waals surface area contributed by atoms with Crippen molar-refractivity contribution >= 4 is 17.5 Å². The molecule has 1 fully saturated rings. The van der Waals surface area contributed by atoms with E-state index in [0.717, 1.165) is 25.5 Å². The second kappa shape index (κ2) is 5.58. The molecule has 1 aromatic heterocycles. The third-order valence-electron chi connectivity index (χ3n) is 3.39. The molecule has 2 rings (SSSR count). The normalized spacial score (nSPS) is 25.6. The Balaban J connectivity index is 1.86. The molecule has 1 aromatic rings. The van der Waals surface area contributed by atoms with Crippen molar-refractivity contribution in [2.24, 2.45) is 5.92 Å². The first-order valence-corrected chi connectivity index (χ1v) is 6.64. The van der Waals surface area contributed by atoms with Gasteiger partial charge in [-0.25, -0.2) is 4.98 Å². The predicted octanol–water partition coefficient (Wildman–Crippen LogP) is 3.11. The van der Waals surface area contributed by atoms with Gasteiger partial charge in [-0.1, -0.05) is 12.8 Å². The van der Waals surface area contributed by atoms with Crippen LogP contribution in [0.25, 0.3) is 0 Å². The van der Waals surface area contributed by atoms with Gasteiger partial charge in [0, 0.05) is 30.9 Å². The lowest BCUT2D eigenvalue weighted by Crippen LogP contribution is -2.27. The molecule has 1 heterocycles. The molecule has 0 saturated heterocycles. The van der Waals surface area contributed by atoms with E-state index in [1.807, 2.05) is 12.4 Å². The van der Waals surface area contributed by atoms with Gasteiger partial charge in [-0.2, -0.15) is 0 Å². The quantitative estimate of drug-likeness (QED) is 0.821. The van der Waals surface area contributed by atoms with Crippen LogP contribution in [0.2, 0.25) is 0 Å². The molecule has 1 N–H and O–H groups in total. The zero-order valence-electron chi connectivity index (χ0n) is 9.82. The van der Waals surface area contributed by atoms with Gasteiger partial charge in [0.15, 0.2) is 0 Å². The van der Waals surface area contributed by atoms with Crippen LogP contribution in [0.5, 0.6) is 0 Å². The molecule has 1 aliphatic rings. The summed E-state index contributed by atoms with van der Waals surface area (Å²) in [4.78, 5) is 4.31. The van der Waals surface area contributed by atoms with E-state index in [1.165, 1.54) is 19.3 Å². The molecular weight excluding hydrogens is 222 g/mol. The summed E-state index contributed by atoms with van der Waals surface area (Å²) in [6.07, 6.45) is 8.85. The van der Waals surface area contributed by atoms with Crippen molar-refractivity contribution in [3.63, 3.8) is 0 Å². The van der Waals surface area contributed by atoms with E-state index in [0.29, 0.717) is 11.3 Å². The Kier molecular flexibility index (Phi) is 4.10. The van der Waals surface area contributed by atoms with Crippen LogP contribution in [0.3, 0.4) is 0 Å². The summed E-state index contributed by atoms with van der Waals surface area (Å²) in [6.45, 7) is 4.03. The number of aryl methyl sites for hydroxylation is 1. The standard InChI is InChI=1S/C12H20ClN3/c1-2-16-8-7-14-12(16)15-9-10-5-3-4-6-11(10)13/h7-8,10-11H,2-6,9H2,1H3,(H,14,15). The van der Waals surface area contributed by atoms with Crippen molar-refractivity contribution in [2.45, 2.75) is 44.5 Å². The van der Waals surface area contributed by atoms with Gasteiger partial charge in [0.05, 0.1) is 0 Å². The second-order valence-electron chi connectivity index (χ2n) is 4.48. The number of halogens is 1. The summed E-state index contributed by atoms with van der Waals surface area (Å²) in [5.74, 6) is 1.56. The number of imidazole rings is 1. The van der Waals surface area contributed by atoms with E-state index in [4.69, 9.17) is 11.6 Å². The summed E-state index contributed by atoms with van der Waals surface area (Å²) >= 11 is 6.33. The molecule has 2 unspecified atom stereocenters. The van der Waals surface area contributed by atoms with Gasteiger partial charge < -0.3 is 9.88 Å². The number of rotatable bonds is 4. The minimum Gasteiger partial charge on any atom is -0.355 e. The minimum atomic E-state index is 0.339. The molecule has 2 atom stereocenters. The molecule has 1 saturated carbocycles. The Morgan fingerprint density at radius 2 is 2.31 bits per heavy atom. The average Bonchev–Trinajstić information content (AvgIpc) is 2.75. The maximum absolute atomic E-state index is 6.33. The van der Waals surface area contributed by atoms with Crippen molar-refractivity contribution in [1.82, 2.24) is 9.55 Å². The Labute approximate surface area is 102 Å². The molecule has 90 valence electrons. The highest BCUT2D eigenvalue weighted by molar-refractivity contribution is 6.20. The number of hydrogen-bond acceptors (Lipinski definition) is 2. The van der Waals surface area contributed by atoms with Crippen LogP contribution in [-0.4, -0.2) is 21.5 Å². The van der Waals surface area contributed by atoms with Crippen LogP contribution in [-0.2, 0) is 6.54 Å². The SMILES string of the molecule is CCn1ccnc1NCC1CCCCC1Cl. The number of nitrogens with zero attached hydrogens (tertiary/aromatic N) is 2. The van der Waals surface area contributed by atoms with E-state index >= 15 is 0 Å². The van der Waals surface area contributed by atoms with Gasteiger partial charge in [0.25, 0.3) is 0 Å². The highest BCUT2D eigenvalue weighted by atomic mass is 35.5. The number of nitrogens with one attached hydrogen (secondary N) is 1. The van der Waals surface area contributed by atoms with Crippen molar-refractivity contribution < 1.29 is 0 Å². The van der Waals surface area contributed by atoms with Gasteiger partial charge in [-0.3, -0.25) is 0 Å². The van der Waals surface area contributed by atoms with Crippen molar-refractivity contribution in [1.29, 1.82) is 0 Å². The minimum absolute atomic E-state index is 0.339. The highest BCUT2D eigenvalue weighted by Crippen LogP contribution is 2.28. The molecule has 0 aliphatic heterocycles. The van der Waals surface area contributed by atoms with Crippen LogP contribution in [0, 0.1) is 5.92 Å². The van der Waals surface area contributed by atoms with Gasteiger partial charge in [-0.05, 0) is 25.7 Å². The topological polar surface area (TPSA) is 29.9 Å². The fourth-order valence-corrected chi connectivity index (χ4v) is 2.72. The maximum Gasteiger partial charge on any atom is 0.202 e. The maximum atomic E-state index is 6.33. The third-order valence-corrected chi connectivity index (χ3v) is 3.97. The Morgan fingerprint density at radius 1 is 1.50 bits per heavy atom. The van der Waals surface area contributed by atoms with E-state index in [1.54, 1.807) is 0 Å². The third kappa shape index (κ3) is 2.70. The van der Waals surface area contributed by atoms with Gasteiger partial charge in [0.2, 0.25) is 5.95 Å². The number of hydrogen-bond donors (Lipinski definition) is 1. The molecule has 1 aliphatic carbocycles.